The molecule has 0 radical (unpaired) electrons. The van der Waals surface area contributed by atoms with E-state index in [1.165, 1.54) is 14.9 Å². The molecule has 146 valence electrons. The molecule has 2 aromatic rings. The van der Waals surface area contributed by atoms with Crippen LogP contribution in [0.3, 0.4) is 0 Å². The van der Waals surface area contributed by atoms with Gasteiger partial charge in [-0.1, -0.05) is 0 Å². The normalized spacial score (nSPS) is 15.6. The third-order valence-corrected chi connectivity index (χ3v) is 6.27. The van der Waals surface area contributed by atoms with Crippen molar-refractivity contribution in [2.45, 2.75) is 37.9 Å². The first-order valence-corrected chi connectivity index (χ1v) is 10.2. The highest BCUT2D eigenvalue weighted by molar-refractivity contribution is 7.89. The van der Waals surface area contributed by atoms with Gasteiger partial charge in [0.15, 0.2) is 0 Å². The lowest BCUT2D eigenvalue weighted by Gasteiger charge is -2.37. The molecule has 0 bridgehead atoms. The minimum Gasteiger partial charge on any atom is -0.491 e. The first-order valence-electron chi connectivity index (χ1n) is 8.78. The Bertz CT molecular complexity index is 974. The van der Waals surface area contributed by atoms with Crippen molar-refractivity contribution >= 4 is 10.0 Å². The van der Waals surface area contributed by atoms with Crippen LogP contribution in [-0.2, 0) is 17.1 Å². The summed E-state index contributed by atoms with van der Waals surface area (Å²) in [6.45, 7) is 6.14. The molecule has 1 saturated heterocycles. The van der Waals surface area contributed by atoms with E-state index in [-0.39, 0.29) is 35.8 Å². The van der Waals surface area contributed by atoms with Crippen molar-refractivity contribution in [3.63, 3.8) is 0 Å². The molecule has 27 heavy (non-hydrogen) atoms. The number of aromatic nitrogens is 1. The van der Waals surface area contributed by atoms with E-state index in [0.29, 0.717) is 11.5 Å². The average Bonchev–Trinajstić information content (AvgIpc) is 2.55. The van der Waals surface area contributed by atoms with Crippen LogP contribution in [0, 0.1) is 6.92 Å². The molecule has 7 nitrogen and oxygen atoms in total. The van der Waals surface area contributed by atoms with Gasteiger partial charge in [-0.15, -0.1) is 0 Å². The molecular weight excluding hydrogens is 368 g/mol. The third kappa shape index (κ3) is 4.17. The summed E-state index contributed by atoms with van der Waals surface area (Å²) in [5.74, 6) is 1.10. The van der Waals surface area contributed by atoms with Gasteiger partial charge in [0.05, 0.1) is 24.1 Å². The van der Waals surface area contributed by atoms with Crippen LogP contribution < -0.4 is 15.0 Å². The van der Waals surface area contributed by atoms with Crippen molar-refractivity contribution in [1.82, 2.24) is 8.87 Å². The fourth-order valence-electron chi connectivity index (χ4n) is 2.78. The van der Waals surface area contributed by atoms with Gasteiger partial charge in [-0.2, -0.15) is 4.31 Å². The van der Waals surface area contributed by atoms with Crippen LogP contribution in [0.1, 0.15) is 19.5 Å². The van der Waals surface area contributed by atoms with Crippen molar-refractivity contribution in [3.8, 4) is 11.5 Å². The molecule has 0 spiro atoms. The monoisotopic (exact) mass is 392 g/mol. The number of benzene rings is 1. The first kappa shape index (κ1) is 19.4. The summed E-state index contributed by atoms with van der Waals surface area (Å²) in [6, 6.07) is 9.59. The second kappa shape index (κ2) is 7.36. The Balaban J connectivity index is 1.63. The second-order valence-electron chi connectivity index (χ2n) is 6.93. The van der Waals surface area contributed by atoms with Crippen molar-refractivity contribution in [1.29, 1.82) is 0 Å². The Kier molecular flexibility index (Phi) is 5.30. The summed E-state index contributed by atoms with van der Waals surface area (Å²) >= 11 is 0. The van der Waals surface area contributed by atoms with Gasteiger partial charge < -0.3 is 14.0 Å². The summed E-state index contributed by atoms with van der Waals surface area (Å²) in [4.78, 5) is 12.0. The van der Waals surface area contributed by atoms with Gasteiger partial charge in [0.25, 0.3) is 5.56 Å². The summed E-state index contributed by atoms with van der Waals surface area (Å²) in [7, 11) is -1.87. The minimum atomic E-state index is -3.56. The lowest BCUT2D eigenvalue weighted by atomic mass is 10.2. The molecule has 1 aromatic heterocycles. The molecule has 0 aliphatic carbocycles. The van der Waals surface area contributed by atoms with Gasteiger partial charge in [-0.05, 0) is 51.1 Å². The Morgan fingerprint density at radius 1 is 1.07 bits per heavy atom. The number of hydrogen-bond donors (Lipinski definition) is 0. The van der Waals surface area contributed by atoms with Crippen LogP contribution in [0.2, 0.25) is 0 Å². The lowest BCUT2D eigenvalue weighted by molar-refractivity contribution is 0.0759. The highest BCUT2D eigenvalue weighted by Crippen LogP contribution is 2.26. The summed E-state index contributed by atoms with van der Waals surface area (Å²) in [5, 5.41) is 0. The second-order valence-corrected chi connectivity index (χ2v) is 8.87. The quantitative estimate of drug-likeness (QED) is 0.751. The van der Waals surface area contributed by atoms with E-state index < -0.39 is 10.0 Å². The summed E-state index contributed by atoms with van der Waals surface area (Å²) in [6.07, 6.45) is -0.242. The van der Waals surface area contributed by atoms with Crippen LogP contribution in [0.15, 0.2) is 46.1 Å². The smallest absolute Gasteiger partial charge is 0.254 e. The maximum Gasteiger partial charge on any atom is 0.254 e. The van der Waals surface area contributed by atoms with Gasteiger partial charge >= 0.3 is 0 Å². The number of rotatable bonds is 6. The topological polar surface area (TPSA) is 77.8 Å². The first-order chi connectivity index (χ1) is 12.7. The number of pyridine rings is 1. The molecule has 0 atom stereocenters. The van der Waals surface area contributed by atoms with E-state index in [9.17, 15) is 13.2 Å². The molecule has 1 aromatic carbocycles. The van der Waals surface area contributed by atoms with E-state index in [2.05, 4.69) is 0 Å². The molecule has 1 aliphatic rings. The van der Waals surface area contributed by atoms with Crippen LogP contribution in [0.4, 0.5) is 0 Å². The molecule has 0 amide bonds. The zero-order valence-corrected chi connectivity index (χ0v) is 16.7. The van der Waals surface area contributed by atoms with E-state index in [4.69, 9.17) is 9.47 Å². The SMILES string of the molecule is Cc1cc(OC2CN(S(=O)(=O)c3ccc(OC(C)C)cc3)C2)cc(=O)n1C. The van der Waals surface area contributed by atoms with Gasteiger partial charge in [0.2, 0.25) is 10.0 Å². The molecule has 1 aliphatic heterocycles. The van der Waals surface area contributed by atoms with Crippen molar-refractivity contribution in [2.24, 2.45) is 7.05 Å². The van der Waals surface area contributed by atoms with Crippen molar-refractivity contribution < 1.29 is 17.9 Å². The Labute approximate surface area is 159 Å². The maximum absolute atomic E-state index is 12.7. The fraction of sp³-hybridized carbons (Fsp3) is 0.421. The highest BCUT2D eigenvalue weighted by Gasteiger charge is 2.38. The standard InChI is InChI=1S/C19H24N2O5S/c1-13(2)25-15-5-7-18(8-6-15)27(23,24)21-11-17(12-21)26-16-9-14(3)20(4)19(22)10-16/h5-10,13,17H,11-12H2,1-4H3. The van der Waals surface area contributed by atoms with Gasteiger partial charge in [-0.3, -0.25) is 4.79 Å². The number of hydrogen-bond acceptors (Lipinski definition) is 5. The predicted octanol–water partition coefficient (Wildman–Crippen LogP) is 1.93. The molecule has 8 heteroatoms. The number of ether oxygens (including phenoxy) is 2. The van der Waals surface area contributed by atoms with Crippen LogP contribution in [-0.4, -0.2) is 42.6 Å². The Morgan fingerprint density at radius 2 is 1.70 bits per heavy atom. The average molecular weight is 392 g/mol. The minimum absolute atomic E-state index is 0.0270. The van der Waals surface area contributed by atoms with E-state index in [0.717, 1.165) is 5.69 Å². The van der Waals surface area contributed by atoms with Gasteiger partial charge in [-0.25, -0.2) is 8.42 Å². The molecule has 2 heterocycles. The third-order valence-electron chi connectivity index (χ3n) is 4.43. The molecular formula is C19H24N2O5S. The summed E-state index contributed by atoms with van der Waals surface area (Å²) < 4.78 is 39.5. The number of aryl methyl sites for hydroxylation is 1. The Hall–Kier alpha value is -2.32. The maximum atomic E-state index is 12.7. The van der Waals surface area contributed by atoms with Crippen LogP contribution >= 0.6 is 0 Å². The zero-order valence-electron chi connectivity index (χ0n) is 15.9. The molecule has 1 fully saturated rings. The van der Waals surface area contributed by atoms with E-state index >= 15 is 0 Å². The molecule has 3 rings (SSSR count). The van der Waals surface area contributed by atoms with Crippen molar-refractivity contribution in [2.75, 3.05) is 13.1 Å². The predicted molar refractivity (Wildman–Crippen MR) is 102 cm³/mol. The molecule has 0 unspecified atom stereocenters. The molecule has 0 N–H and O–H groups in total. The largest absolute Gasteiger partial charge is 0.491 e. The van der Waals surface area contributed by atoms with Crippen LogP contribution in [0.25, 0.3) is 0 Å². The Morgan fingerprint density at radius 3 is 2.26 bits per heavy atom. The zero-order chi connectivity index (χ0) is 19.8. The number of nitrogens with zero attached hydrogens (tertiary/aromatic N) is 2. The number of sulfonamides is 1. The van der Waals surface area contributed by atoms with Crippen LogP contribution in [0.5, 0.6) is 11.5 Å². The fourth-order valence-corrected chi connectivity index (χ4v) is 4.28. The van der Waals surface area contributed by atoms with E-state index in [1.54, 1.807) is 37.4 Å². The lowest BCUT2D eigenvalue weighted by Crippen LogP contribution is -2.56. The van der Waals surface area contributed by atoms with Gasteiger partial charge in [0.1, 0.15) is 17.6 Å². The summed E-state index contributed by atoms with van der Waals surface area (Å²) in [5.41, 5.74) is 0.627. The highest BCUT2D eigenvalue weighted by atomic mass is 32.2. The van der Waals surface area contributed by atoms with Crippen molar-refractivity contribution in [3.05, 3.63) is 52.4 Å². The van der Waals surface area contributed by atoms with Gasteiger partial charge in [0, 0.05) is 18.8 Å². The van der Waals surface area contributed by atoms with E-state index in [1.807, 2.05) is 20.8 Å². The molecule has 0 saturated carbocycles.